The molecule has 21 heteroatoms. The number of nitro benzene ring substituents is 1. The molecule has 4 saturated heterocycles. The molecule has 20 nitrogen and oxygen atoms in total. The SMILES string of the molecule is Cc1ccccc1[C@@H]1CN([C@@H](C)c2cnc(C(C)C)c3c2C(C)(C)CCO3)CCN1C1CC2(CCN(c3ccc(C(=O)NS(=O)(=O)c4cc5c(c([N+](=O)[O-])c4)N[C@H](C4CCOCC4)CO5)c(N4c5cc6cc[nH]c6nc5O[C@H]5COCC[C@@H]54)c3)CC2)C1. The number of sulfonamides is 1. The quantitative estimate of drug-likeness (QED) is 0.0766. The second-order valence-corrected chi connectivity index (χ2v) is 28.4. The highest BCUT2D eigenvalue weighted by atomic mass is 32.2. The number of ether oxygens (including phenoxy) is 5. The van der Waals surface area contributed by atoms with Crippen LogP contribution in [0.5, 0.6) is 17.4 Å². The highest BCUT2D eigenvalue weighted by molar-refractivity contribution is 7.90. The number of hydrogen-bond donors (Lipinski definition) is 3. The van der Waals surface area contributed by atoms with Crippen molar-refractivity contribution in [1.29, 1.82) is 0 Å². The van der Waals surface area contributed by atoms with E-state index in [0.29, 0.717) is 68.4 Å². The number of carbonyl (C=O) groups excluding carboxylic acids is 1. The van der Waals surface area contributed by atoms with Gasteiger partial charge < -0.3 is 43.8 Å². The predicted molar refractivity (Wildman–Crippen MR) is 331 cm³/mol. The van der Waals surface area contributed by atoms with E-state index in [2.05, 4.69) is 107 Å². The Labute approximate surface area is 508 Å². The number of benzene rings is 3. The number of aromatic nitrogens is 3. The van der Waals surface area contributed by atoms with E-state index in [1.165, 1.54) is 28.3 Å². The van der Waals surface area contributed by atoms with Crippen molar-refractivity contribution in [2.24, 2.45) is 11.3 Å². The molecule has 87 heavy (non-hydrogen) atoms. The van der Waals surface area contributed by atoms with Crippen molar-refractivity contribution in [3.8, 4) is 17.4 Å². The summed E-state index contributed by atoms with van der Waals surface area (Å²) in [5, 5.41) is 16.8. The molecule has 8 aliphatic rings. The molecule has 10 heterocycles. The highest BCUT2D eigenvalue weighted by Gasteiger charge is 2.51. The first-order valence-electron chi connectivity index (χ1n) is 31.4. The van der Waals surface area contributed by atoms with Crippen molar-refractivity contribution in [3.05, 3.63) is 123 Å². The van der Waals surface area contributed by atoms with Gasteiger partial charge in [0.05, 0.1) is 52.1 Å². The summed E-state index contributed by atoms with van der Waals surface area (Å²) >= 11 is 0. The monoisotopic (exact) mass is 1200 g/mol. The summed E-state index contributed by atoms with van der Waals surface area (Å²) in [7, 11) is -4.72. The summed E-state index contributed by atoms with van der Waals surface area (Å²) < 4.78 is 62.0. The first-order chi connectivity index (χ1) is 41.9. The Balaban J connectivity index is 0.728. The zero-order valence-corrected chi connectivity index (χ0v) is 51.5. The Morgan fingerprint density at radius 2 is 1.68 bits per heavy atom. The maximum Gasteiger partial charge on any atom is 0.297 e. The van der Waals surface area contributed by atoms with E-state index < -0.39 is 37.5 Å². The number of piperidine rings is 1. The lowest BCUT2D eigenvalue weighted by molar-refractivity contribution is -0.384. The first-order valence-corrected chi connectivity index (χ1v) is 32.9. The number of hydrogen-bond acceptors (Lipinski definition) is 17. The Morgan fingerprint density at radius 3 is 2.46 bits per heavy atom. The number of nitrogens with zero attached hydrogens (tertiary/aromatic N) is 7. The minimum Gasteiger partial charge on any atom is -0.491 e. The molecule has 3 aromatic heterocycles. The molecule has 1 spiro atoms. The Kier molecular flexibility index (Phi) is 14.9. The topological polar surface area (TPSA) is 219 Å². The molecule has 3 N–H and O–H groups in total. The molecule has 5 atom stereocenters. The average molecular weight is 1210 g/mol. The van der Waals surface area contributed by atoms with Gasteiger partial charge in [-0.25, -0.2) is 13.1 Å². The number of pyridine rings is 2. The van der Waals surface area contributed by atoms with E-state index in [4.69, 9.17) is 33.7 Å². The molecular weight excluding hydrogens is 1120 g/mol. The van der Waals surface area contributed by atoms with Crippen LogP contribution in [0.2, 0.25) is 0 Å². The summed E-state index contributed by atoms with van der Waals surface area (Å²) in [6.45, 7) is 21.0. The van der Waals surface area contributed by atoms with Gasteiger partial charge >= 0.3 is 0 Å². The summed E-state index contributed by atoms with van der Waals surface area (Å²) in [5.74, 6) is 0.928. The number of rotatable bonds is 12. The summed E-state index contributed by atoms with van der Waals surface area (Å²) in [5.41, 5.74) is 8.98. The molecule has 6 aromatic rings. The van der Waals surface area contributed by atoms with Gasteiger partial charge in [-0.05, 0) is 135 Å². The number of amides is 1. The Bertz CT molecular complexity index is 3760. The van der Waals surface area contributed by atoms with Crippen LogP contribution in [-0.2, 0) is 24.9 Å². The number of piperazine rings is 1. The van der Waals surface area contributed by atoms with Gasteiger partial charge in [-0.2, -0.15) is 4.98 Å². The van der Waals surface area contributed by atoms with E-state index in [0.717, 1.165) is 106 Å². The van der Waals surface area contributed by atoms with Crippen LogP contribution < -0.4 is 34.0 Å². The zero-order valence-electron chi connectivity index (χ0n) is 50.7. The van der Waals surface area contributed by atoms with E-state index in [9.17, 15) is 23.3 Å². The van der Waals surface area contributed by atoms with E-state index in [-0.39, 0.29) is 70.4 Å². The van der Waals surface area contributed by atoms with E-state index >= 15 is 0 Å². The molecule has 7 aliphatic heterocycles. The van der Waals surface area contributed by atoms with Crippen LogP contribution in [0.4, 0.5) is 28.4 Å². The number of anilines is 4. The van der Waals surface area contributed by atoms with Gasteiger partial charge in [0.15, 0.2) is 11.4 Å². The highest BCUT2D eigenvalue weighted by Crippen LogP contribution is 2.55. The van der Waals surface area contributed by atoms with Gasteiger partial charge in [0, 0.05) is 112 Å². The minimum atomic E-state index is -4.72. The molecule has 5 fully saturated rings. The third kappa shape index (κ3) is 10.5. The predicted octanol–water partition coefficient (Wildman–Crippen LogP) is 10.6. The van der Waals surface area contributed by atoms with Crippen LogP contribution in [-0.4, -0.2) is 141 Å². The van der Waals surface area contributed by atoms with Crippen LogP contribution in [0.25, 0.3) is 11.0 Å². The first kappa shape index (κ1) is 57.7. The fourth-order valence-electron chi connectivity index (χ4n) is 15.7. The van der Waals surface area contributed by atoms with E-state index in [1.807, 2.05) is 30.5 Å². The van der Waals surface area contributed by atoms with Crippen LogP contribution in [0.15, 0.2) is 84.0 Å². The second-order valence-electron chi connectivity index (χ2n) is 26.7. The van der Waals surface area contributed by atoms with Crippen molar-refractivity contribution in [3.63, 3.8) is 0 Å². The lowest BCUT2D eigenvalue weighted by Crippen LogP contribution is -2.60. The molecule has 460 valence electrons. The summed E-state index contributed by atoms with van der Waals surface area (Å²) in [6.07, 6.45) is 10.9. The number of aromatic amines is 1. The second kappa shape index (κ2) is 22.5. The van der Waals surface area contributed by atoms with Crippen LogP contribution >= 0.6 is 0 Å². The van der Waals surface area contributed by atoms with E-state index in [1.54, 1.807) is 6.07 Å². The molecule has 1 saturated carbocycles. The maximum atomic E-state index is 15.0. The molecular formula is C66H80N10O10S. The molecule has 1 amide bonds. The van der Waals surface area contributed by atoms with Gasteiger partial charge in [-0.15, -0.1) is 0 Å². The molecule has 0 unspecified atom stereocenters. The molecule has 0 radical (unpaired) electrons. The van der Waals surface area contributed by atoms with Crippen molar-refractivity contribution in [2.45, 2.75) is 145 Å². The third-order valence-electron chi connectivity index (χ3n) is 20.7. The Hall–Kier alpha value is -7.04. The smallest absolute Gasteiger partial charge is 0.297 e. The number of H-pyrrole nitrogens is 1. The van der Waals surface area contributed by atoms with Gasteiger partial charge in [-0.3, -0.25) is 29.7 Å². The fraction of sp³-hybridized carbons (Fsp3) is 0.530. The normalized spacial score (nSPS) is 24.3. The average Bonchev–Trinajstić information content (AvgIpc) is 1.65. The summed E-state index contributed by atoms with van der Waals surface area (Å²) in [4.78, 5) is 49.7. The van der Waals surface area contributed by atoms with Gasteiger partial charge in [0.1, 0.15) is 29.8 Å². The molecule has 3 aromatic carbocycles. The van der Waals surface area contributed by atoms with Crippen LogP contribution in [0.1, 0.15) is 142 Å². The number of carbonyl (C=O) groups is 1. The fourth-order valence-corrected chi connectivity index (χ4v) is 16.7. The molecule has 14 rings (SSSR count). The maximum absolute atomic E-state index is 15.0. The number of nitro groups is 1. The number of aryl methyl sites for hydroxylation is 1. The third-order valence-corrected chi connectivity index (χ3v) is 22.1. The van der Waals surface area contributed by atoms with Gasteiger partial charge in [0.2, 0.25) is 5.88 Å². The van der Waals surface area contributed by atoms with Crippen molar-refractivity contribution >= 4 is 55.4 Å². The number of nitrogens with one attached hydrogen (secondary N) is 3. The molecule has 1 aliphatic carbocycles. The Morgan fingerprint density at radius 1 is 0.885 bits per heavy atom. The lowest BCUT2D eigenvalue weighted by atomic mass is 9.59. The standard InChI is InChI=1S/C66H80N10O10S/c1-39(2)59-61-58(65(5,6)19-28-84-61)49(35-68-59)41(4)73-23-24-74(55(36-73)47-10-8-7-9-40(47)3)45-33-66(34-45)17-21-72(22-18-66)44-11-12-48(52(30-44)75-51-16-27-83-38-57(51)86-64-54(75)29-43-13-20-67-62(43)70-64)63(77)71-87(80,81)46-31-53(76(78)79)60-56(32-46)85-37-50(69-60)42-14-25-82-26-15-42/h7-13,20,29-32,35,39,41-42,45,50-51,55,57,69H,14-19,21-28,33-34,36-38H2,1-6H3,(H,67,70)(H,71,77)/t41-,50-,51-,55-,57-/m0/s1. The minimum absolute atomic E-state index is 0.0218. The largest absolute Gasteiger partial charge is 0.491 e. The van der Waals surface area contributed by atoms with Crippen LogP contribution in [0, 0.1) is 28.4 Å². The van der Waals surface area contributed by atoms with Crippen molar-refractivity contribution in [2.75, 3.05) is 87.5 Å². The molecule has 0 bridgehead atoms. The number of fused-ring (bicyclic) bond motifs is 5. The van der Waals surface area contributed by atoms with Gasteiger partial charge in [-0.1, -0.05) is 52.0 Å². The van der Waals surface area contributed by atoms with Crippen LogP contribution in [0.3, 0.4) is 0 Å². The lowest BCUT2D eigenvalue weighted by Gasteiger charge is -2.58. The van der Waals surface area contributed by atoms with Gasteiger partial charge in [0.25, 0.3) is 21.6 Å². The summed E-state index contributed by atoms with van der Waals surface area (Å²) in [6, 6.07) is 21.0. The van der Waals surface area contributed by atoms with Crippen molar-refractivity contribution < 1.29 is 41.8 Å². The van der Waals surface area contributed by atoms with Crippen molar-refractivity contribution in [1.82, 2.24) is 29.5 Å². The zero-order chi connectivity index (χ0) is 60.1.